The van der Waals surface area contributed by atoms with E-state index >= 15 is 0 Å². The second kappa shape index (κ2) is 5.69. The van der Waals surface area contributed by atoms with Crippen molar-refractivity contribution in [3.05, 3.63) is 28.2 Å². The lowest BCUT2D eigenvalue weighted by molar-refractivity contribution is 0.439. The minimum atomic E-state index is -3.55. The Bertz CT molecular complexity index is 527. The normalized spacial score (nSPS) is 12.7. The van der Waals surface area contributed by atoms with Crippen LogP contribution in [0, 0.1) is 0 Å². The van der Waals surface area contributed by atoms with Crippen molar-refractivity contribution in [3.8, 4) is 0 Å². The van der Waals surface area contributed by atoms with Crippen LogP contribution in [0.5, 0.6) is 0 Å². The minimum Gasteiger partial charge on any atom is -0.326 e. The Hall–Kier alpha value is -0.430. The van der Waals surface area contributed by atoms with Crippen LogP contribution in [0.3, 0.4) is 0 Å². The van der Waals surface area contributed by atoms with Gasteiger partial charge in [-0.1, -0.05) is 13.0 Å². The van der Waals surface area contributed by atoms with Crippen LogP contribution < -0.4 is 10.5 Å². The van der Waals surface area contributed by atoms with Crippen molar-refractivity contribution in [1.29, 1.82) is 0 Å². The fourth-order valence-corrected chi connectivity index (χ4v) is 3.87. The molecule has 0 saturated carbocycles. The van der Waals surface area contributed by atoms with Gasteiger partial charge in [0.15, 0.2) is 0 Å². The number of nitrogens with one attached hydrogen (secondary N) is 1. The van der Waals surface area contributed by atoms with Crippen LogP contribution in [0.15, 0.2) is 27.6 Å². The number of hydrogen-bond donors (Lipinski definition) is 2. The topological polar surface area (TPSA) is 72.2 Å². The SMILES string of the molecule is CCC(C)(C)NS(=O)(=O)c1cc(CN)ccc1Br. The van der Waals surface area contributed by atoms with Crippen molar-refractivity contribution >= 4 is 26.0 Å². The van der Waals surface area contributed by atoms with Gasteiger partial charge in [-0.05, 0) is 53.9 Å². The summed E-state index contributed by atoms with van der Waals surface area (Å²) in [5, 5.41) is 0. The summed E-state index contributed by atoms with van der Waals surface area (Å²) < 4.78 is 27.9. The van der Waals surface area contributed by atoms with Crippen LogP contribution in [0.25, 0.3) is 0 Å². The molecule has 6 heteroatoms. The molecule has 0 aromatic heterocycles. The van der Waals surface area contributed by atoms with E-state index in [0.29, 0.717) is 17.4 Å². The third-order valence-corrected chi connectivity index (χ3v) is 5.51. The highest BCUT2D eigenvalue weighted by Gasteiger charge is 2.26. The predicted octanol–water partition coefficient (Wildman–Crippen LogP) is 2.37. The number of sulfonamides is 1. The Morgan fingerprint density at radius 3 is 2.50 bits per heavy atom. The summed E-state index contributed by atoms with van der Waals surface area (Å²) in [7, 11) is -3.55. The molecule has 0 bridgehead atoms. The molecule has 0 aliphatic heterocycles. The van der Waals surface area contributed by atoms with Crippen LogP contribution in [-0.2, 0) is 16.6 Å². The zero-order valence-electron chi connectivity index (χ0n) is 10.8. The van der Waals surface area contributed by atoms with Crippen LogP contribution in [0.1, 0.15) is 32.8 Å². The van der Waals surface area contributed by atoms with Crippen molar-refractivity contribution < 1.29 is 8.42 Å². The van der Waals surface area contributed by atoms with Crippen molar-refractivity contribution in [2.45, 2.75) is 44.2 Å². The number of nitrogens with two attached hydrogens (primary N) is 1. The largest absolute Gasteiger partial charge is 0.326 e. The summed E-state index contributed by atoms with van der Waals surface area (Å²) in [5.74, 6) is 0. The predicted molar refractivity (Wildman–Crippen MR) is 76.7 cm³/mol. The molecule has 0 spiro atoms. The van der Waals surface area contributed by atoms with Gasteiger partial charge >= 0.3 is 0 Å². The second-order valence-corrected chi connectivity index (χ2v) is 7.32. The molecule has 0 aliphatic rings. The molecule has 0 radical (unpaired) electrons. The maximum atomic E-state index is 12.3. The van der Waals surface area contributed by atoms with Gasteiger partial charge in [0.2, 0.25) is 10.0 Å². The highest BCUT2D eigenvalue weighted by molar-refractivity contribution is 9.10. The molecule has 4 nitrogen and oxygen atoms in total. The molecular weight excluding hydrogens is 316 g/mol. The van der Waals surface area contributed by atoms with Gasteiger partial charge in [-0.15, -0.1) is 0 Å². The maximum absolute atomic E-state index is 12.3. The Balaban J connectivity index is 3.20. The summed E-state index contributed by atoms with van der Waals surface area (Å²) in [4.78, 5) is 0.229. The fraction of sp³-hybridized carbons (Fsp3) is 0.500. The molecule has 102 valence electrons. The molecule has 3 N–H and O–H groups in total. The van der Waals surface area contributed by atoms with Gasteiger partial charge in [0.25, 0.3) is 0 Å². The molecule has 0 heterocycles. The van der Waals surface area contributed by atoms with Crippen molar-refractivity contribution in [2.75, 3.05) is 0 Å². The quantitative estimate of drug-likeness (QED) is 0.868. The minimum absolute atomic E-state index is 0.229. The first kappa shape index (κ1) is 15.6. The monoisotopic (exact) mass is 334 g/mol. The zero-order valence-corrected chi connectivity index (χ0v) is 13.2. The van der Waals surface area contributed by atoms with Crippen LogP contribution in [-0.4, -0.2) is 14.0 Å². The fourth-order valence-electron chi connectivity index (χ4n) is 1.37. The Labute approximate surface area is 117 Å². The number of halogens is 1. The number of benzene rings is 1. The van der Waals surface area contributed by atoms with Gasteiger partial charge in [0, 0.05) is 16.6 Å². The molecule has 0 fully saturated rings. The molecular formula is C12H19BrN2O2S. The first-order chi connectivity index (χ1) is 8.22. The molecule has 0 saturated heterocycles. The van der Waals surface area contributed by atoms with Crippen LogP contribution in [0.4, 0.5) is 0 Å². The van der Waals surface area contributed by atoms with Crippen molar-refractivity contribution in [1.82, 2.24) is 4.72 Å². The average molecular weight is 335 g/mol. The molecule has 1 aromatic carbocycles. The summed E-state index contributed by atoms with van der Waals surface area (Å²) in [5.41, 5.74) is 5.84. The summed E-state index contributed by atoms with van der Waals surface area (Å²) >= 11 is 3.26. The summed E-state index contributed by atoms with van der Waals surface area (Å²) in [6, 6.07) is 5.10. The van der Waals surface area contributed by atoms with Crippen LogP contribution >= 0.6 is 15.9 Å². The van der Waals surface area contributed by atoms with Crippen molar-refractivity contribution in [3.63, 3.8) is 0 Å². The van der Waals surface area contributed by atoms with E-state index in [1.54, 1.807) is 18.2 Å². The third kappa shape index (κ3) is 3.78. The molecule has 0 aliphatic carbocycles. The molecule has 1 rings (SSSR count). The zero-order chi connectivity index (χ0) is 14.0. The second-order valence-electron chi connectivity index (χ2n) is 4.81. The molecule has 0 amide bonds. The highest BCUT2D eigenvalue weighted by Crippen LogP contribution is 2.24. The standard InChI is InChI=1S/C12H19BrN2O2S/c1-4-12(2,3)15-18(16,17)11-7-9(8-14)5-6-10(11)13/h5-7,15H,4,8,14H2,1-3H3. The first-order valence-corrected chi connectivity index (χ1v) is 8.02. The lowest BCUT2D eigenvalue weighted by Gasteiger charge is -2.24. The summed E-state index contributed by atoms with van der Waals surface area (Å²) in [6.45, 7) is 5.96. The smallest absolute Gasteiger partial charge is 0.242 e. The van der Waals surface area contributed by atoms with E-state index in [4.69, 9.17) is 5.73 Å². The van der Waals surface area contributed by atoms with E-state index in [1.807, 2.05) is 20.8 Å². The first-order valence-electron chi connectivity index (χ1n) is 5.74. The molecule has 1 aromatic rings. The molecule has 0 atom stereocenters. The van der Waals surface area contributed by atoms with E-state index in [2.05, 4.69) is 20.7 Å². The number of hydrogen-bond acceptors (Lipinski definition) is 3. The maximum Gasteiger partial charge on any atom is 0.242 e. The average Bonchev–Trinajstić information content (AvgIpc) is 2.28. The van der Waals surface area contributed by atoms with Gasteiger partial charge in [0.1, 0.15) is 0 Å². The highest BCUT2D eigenvalue weighted by atomic mass is 79.9. The van der Waals surface area contributed by atoms with Gasteiger partial charge in [0.05, 0.1) is 4.90 Å². The Morgan fingerprint density at radius 1 is 1.39 bits per heavy atom. The van der Waals surface area contributed by atoms with E-state index in [1.165, 1.54) is 0 Å². The van der Waals surface area contributed by atoms with Gasteiger partial charge in [-0.25, -0.2) is 13.1 Å². The van der Waals surface area contributed by atoms with Crippen LogP contribution in [0.2, 0.25) is 0 Å². The molecule has 18 heavy (non-hydrogen) atoms. The van der Waals surface area contributed by atoms with Gasteiger partial charge < -0.3 is 5.73 Å². The lowest BCUT2D eigenvalue weighted by atomic mass is 10.0. The Kier molecular flexibility index (Phi) is 4.94. The van der Waals surface area contributed by atoms with E-state index in [0.717, 1.165) is 5.56 Å². The summed E-state index contributed by atoms with van der Waals surface area (Å²) in [6.07, 6.45) is 0.709. The molecule has 0 unspecified atom stereocenters. The van der Waals surface area contributed by atoms with E-state index in [-0.39, 0.29) is 4.90 Å². The van der Waals surface area contributed by atoms with Gasteiger partial charge in [-0.3, -0.25) is 0 Å². The van der Waals surface area contributed by atoms with Gasteiger partial charge in [-0.2, -0.15) is 0 Å². The third-order valence-electron chi connectivity index (χ3n) is 2.82. The number of rotatable bonds is 5. The van der Waals surface area contributed by atoms with E-state index < -0.39 is 15.6 Å². The van der Waals surface area contributed by atoms with Crippen molar-refractivity contribution in [2.24, 2.45) is 5.73 Å². The Morgan fingerprint density at radius 2 is 2.00 bits per heavy atom. The van der Waals surface area contributed by atoms with E-state index in [9.17, 15) is 8.42 Å². The lowest BCUT2D eigenvalue weighted by Crippen LogP contribution is -2.42.